The number of nitrogen functional groups attached to an aromatic ring is 1. The molecule has 3 aromatic rings. The predicted molar refractivity (Wildman–Crippen MR) is 131 cm³/mol. The minimum atomic E-state index is -0.665. The molecular formula is C25H31N5O3. The number of carbonyl (C=O) groups excluding carboxylic acids is 1. The first kappa shape index (κ1) is 24.0. The van der Waals surface area contributed by atoms with Gasteiger partial charge in [0.15, 0.2) is 5.69 Å². The lowest BCUT2D eigenvalue weighted by atomic mass is 10.2. The molecule has 3 N–H and O–H groups in total. The van der Waals surface area contributed by atoms with Gasteiger partial charge in [-0.1, -0.05) is 74.5 Å². The van der Waals surface area contributed by atoms with E-state index in [1.165, 1.54) is 9.47 Å². The Balaban J connectivity index is 1.92. The Kier molecular flexibility index (Phi) is 7.84. The van der Waals surface area contributed by atoms with Crippen LogP contribution in [0.15, 0.2) is 70.3 Å². The number of nitrogens with two attached hydrogens (primary N) is 1. The van der Waals surface area contributed by atoms with Crippen LogP contribution in [0.25, 0.3) is 0 Å². The maximum Gasteiger partial charge on any atom is 0.330 e. The Labute approximate surface area is 193 Å². The van der Waals surface area contributed by atoms with Gasteiger partial charge in [0.2, 0.25) is 5.91 Å². The van der Waals surface area contributed by atoms with Crippen molar-refractivity contribution in [2.75, 3.05) is 30.8 Å². The van der Waals surface area contributed by atoms with Gasteiger partial charge in [0, 0.05) is 13.1 Å². The molecule has 0 fully saturated rings. The third-order valence-electron chi connectivity index (χ3n) is 5.22. The fourth-order valence-electron chi connectivity index (χ4n) is 3.71. The number of nitrogens with zero attached hydrogens (tertiary/aromatic N) is 3. The first-order valence-electron chi connectivity index (χ1n) is 11.0. The summed E-state index contributed by atoms with van der Waals surface area (Å²) >= 11 is 0. The minimum absolute atomic E-state index is 0.0114. The number of benzene rings is 2. The molecule has 1 amide bonds. The molecule has 0 aliphatic heterocycles. The highest BCUT2D eigenvalue weighted by atomic mass is 16.2. The molecule has 1 heterocycles. The van der Waals surface area contributed by atoms with Gasteiger partial charge in [-0.05, 0) is 24.1 Å². The highest BCUT2D eigenvalue weighted by Gasteiger charge is 2.25. The van der Waals surface area contributed by atoms with E-state index in [1.807, 2.05) is 86.5 Å². The number of carbonyl (C=O) groups is 1. The maximum absolute atomic E-state index is 13.3. The maximum atomic E-state index is 13.3. The van der Waals surface area contributed by atoms with E-state index >= 15 is 0 Å². The second-order valence-electron chi connectivity index (χ2n) is 8.62. The zero-order chi connectivity index (χ0) is 24.0. The molecule has 0 aliphatic carbocycles. The lowest BCUT2D eigenvalue weighted by Gasteiger charge is -2.28. The monoisotopic (exact) mass is 449 g/mol. The van der Waals surface area contributed by atoms with Gasteiger partial charge >= 0.3 is 5.69 Å². The lowest BCUT2D eigenvalue weighted by Crippen LogP contribution is -2.46. The van der Waals surface area contributed by atoms with Crippen molar-refractivity contribution in [3.63, 3.8) is 0 Å². The number of anilines is 2. The van der Waals surface area contributed by atoms with Gasteiger partial charge in [0.1, 0.15) is 5.82 Å². The molecule has 174 valence electrons. The Morgan fingerprint density at radius 1 is 1.00 bits per heavy atom. The van der Waals surface area contributed by atoms with Crippen molar-refractivity contribution >= 4 is 17.4 Å². The molecule has 0 radical (unpaired) electrons. The van der Waals surface area contributed by atoms with Gasteiger partial charge in [-0.2, -0.15) is 0 Å². The van der Waals surface area contributed by atoms with Gasteiger partial charge in [-0.15, -0.1) is 0 Å². The average Bonchev–Trinajstić information content (AvgIpc) is 2.77. The van der Waals surface area contributed by atoms with Crippen LogP contribution < -0.4 is 21.9 Å². The van der Waals surface area contributed by atoms with Crippen LogP contribution in [0, 0.1) is 5.92 Å². The fourth-order valence-corrected chi connectivity index (χ4v) is 3.71. The quantitative estimate of drug-likeness (QED) is 0.522. The topological polar surface area (TPSA) is 104 Å². The highest BCUT2D eigenvalue weighted by molar-refractivity contribution is 5.96. The molecule has 0 saturated carbocycles. The van der Waals surface area contributed by atoms with E-state index in [-0.39, 0.29) is 36.4 Å². The molecule has 8 nitrogen and oxygen atoms in total. The van der Waals surface area contributed by atoms with Crippen molar-refractivity contribution in [1.29, 1.82) is 0 Å². The number of hydrogen-bond acceptors (Lipinski definition) is 5. The van der Waals surface area contributed by atoms with Crippen LogP contribution >= 0.6 is 0 Å². The summed E-state index contributed by atoms with van der Waals surface area (Å²) in [5.74, 6) is -0.196. The van der Waals surface area contributed by atoms with E-state index in [0.717, 1.165) is 11.1 Å². The van der Waals surface area contributed by atoms with Crippen LogP contribution in [-0.2, 0) is 17.9 Å². The first-order valence-corrected chi connectivity index (χ1v) is 11.0. The standard InChI is InChI=1S/C25H31N5O3/c1-18(2)14-29(21(31)17-28(3)15-19-10-6-4-7-11-19)22-23(26)30(25(33)27-24(22)32)16-20-12-8-5-9-13-20/h4-13,18H,14-17,26H2,1-3H3,(H,27,32,33). The predicted octanol–water partition coefficient (Wildman–Crippen LogP) is 2.29. The number of hydrogen-bond donors (Lipinski definition) is 2. The summed E-state index contributed by atoms with van der Waals surface area (Å²) in [6.45, 7) is 5.08. The summed E-state index contributed by atoms with van der Waals surface area (Å²) in [7, 11) is 1.85. The molecule has 0 unspecified atom stereocenters. The van der Waals surface area contributed by atoms with Crippen LogP contribution in [-0.4, -0.2) is 40.5 Å². The molecule has 0 spiro atoms. The Bertz CT molecular complexity index is 1190. The van der Waals surface area contributed by atoms with Gasteiger partial charge in [-0.3, -0.25) is 24.0 Å². The van der Waals surface area contributed by atoms with E-state index in [2.05, 4.69) is 4.98 Å². The number of likely N-dealkylation sites (N-methyl/N-ethyl adjacent to an activating group) is 1. The van der Waals surface area contributed by atoms with Crippen molar-refractivity contribution in [2.24, 2.45) is 5.92 Å². The van der Waals surface area contributed by atoms with E-state index < -0.39 is 11.2 Å². The highest BCUT2D eigenvalue weighted by Crippen LogP contribution is 2.20. The molecule has 0 bridgehead atoms. The van der Waals surface area contributed by atoms with E-state index in [1.54, 1.807) is 0 Å². The molecule has 3 rings (SSSR count). The number of amides is 1. The number of aromatic amines is 1. The summed E-state index contributed by atoms with van der Waals surface area (Å²) in [4.78, 5) is 44.3. The van der Waals surface area contributed by atoms with Gasteiger partial charge in [0.05, 0.1) is 13.1 Å². The van der Waals surface area contributed by atoms with Crippen molar-refractivity contribution < 1.29 is 4.79 Å². The molecule has 33 heavy (non-hydrogen) atoms. The number of rotatable bonds is 9. The summed E-state index contributed by atoms with van der Waals surface area (Å²) in [6, 6.07) is 19.2. The third kappa shape index (κ3) is 6.20. The molecule has 0 atom stereocenters. The van der Waals surface area contributed by atoms with Crippen molar-refractivity contribution in [3.05, 3.63) is 92.6 Å². The van der Waals surface area contributed by atoms with Gasteiger partial charge < -0.3 is 10.6 Å². The second kappa shape index (κ2) is 10.8. The molecule has 0 aliphatic rings. The molecule has 2 aromatic carbocycles. The summed E-state index contributed by atoms with van der Waals surface area (Å²) in [6.07, 6.45) is 0. The van der Waals surface area contributed by atoms with E-state index in [4.69, 9.17) is 5.73 Å². The lowest BCUT2D eigenvalue weighted by molar-refractivity contribution is -0.119. The summed E-state index contributed by atoms with van der Waals surface area (Å²) < 4.78 is 1.29. The normalized spacial score (nSPS) is 11.2. The second-order valence-corrected chi connectivity index (χ2v) is 8.62. The summed E-state index contributed by atoms with van der Waals surface area (Å²) in [5, 5.41) is 0. The average molecular weight is 450 g/mol. The molecule has 8 heteroatoms. The van der Waals surface area contributed by atoms with Crippen molar-refractivity contribution in [3.8, 4) is 0 Å². The van der Waals surface area contributed by atoms with E-state index in [9.17, 15) is 14.4 Å². The van der Waals surface area contributed by atoms with Crippen LogP contribution in [0.4, 0.5) is 11.5 Å². The zero-order valence-electron chi connectivity index (χ0n) is 19.3. The third-order valence-corrected chi connectivity index (χ3v) is 5.22. The Morgan fingerprint density at radius 2 is 1.58 bits per heavy atom. The van der Waals surface area contributed by atoms with Gasteiger partial charge in [-0.25, -0.2) is 4.79 Å². The van der Waals surface area contributed by atoms with E-state index in [0.29, 0.717) is 13.1 Å². The smallest absolute Gasteiger partial charge is 0.330 e. The molecular weight excluding hydrogens is 418 g/mol. The number of H-pyrrole nitrogens is 1. The molecule has 0 saturated heterocycles. The van der Waals surface area contributed by atoms with Crippen LogP contribution in [0.1, 0.15) is 25.0 Å². The van der Waals surface area contributed by atoms with Crippen molar-refractivity contribution in [1.82, 2.24) is 14.5 Å². The van der Waals surface area contributed by atoms with Crippen LogP contribution in [0.3, 0.4) is 0 Å². The zero-order valence-corrected chi connectivity index (χ0v) is 19.3. The number of nitrogens with one attached hydrogen (secondary N) is 1. The van der Waals surface area contributed by atoms with Crippen LogP contribution in [0.5, 0.6) is 0 Å². The SMILES string of the molecule is CC(C)CN(C(=O)CN(C)Cc1ccccc1)c1c(N)n(Cc2ccccc2)c(=O)[nH]c1=O. The Morgan fingerprint density at radius 3 is 2.15 bits per heavy atom. The minimum Gasteiger partial charge on any atom is -0.383 e. The summed E-state index contributed by atoms with van der Waals surface area (Å²) in [5.41, 5.74) is 7.01. The first-order chi connectivity index (χ1) is 15.8. The fraction of sp³-hybridized carbons (Fsp3) is 0.320. The largest absolute Gasteiger partial charge is 0.383 e. The molecule has 1 aromatic heterocycles. The van der Waals surface area contributed by atoms with Gasteiger partial charge in [0.25, 0.3) is 5.56 Å². The Hall–Kier alpha value is -3.65. The number of aromatic nitrogens is 2. The van der Waals surface area contributed by atoms with Crippen molar-refractivity contribution in [2.45, 2.75) is 26.9 Å². The van der Waals surface area contributed by atoms with Crippen LogP contribution in [0.2, 0.25) is 0 Å².